The Morgan fingerprint density at radius 3 is 2.49 bits per heavy atom. The number of anilines is 3. The van der Waals surface area contributed by atoms with Crippen molar-refractivity contribution in [1.29, 1.82) is 0 Å². The van der Waals surface area contributed by atoms with Crippen LogP contribution in [-0.4, -0.2) is 45.9 Å². The Balaban J connectivity index is 1.35. The average molecular weight is 494 g/mol. The van der Waals surface area contributed by atoms with Crippen molar-refractivity contribution in [2.24, 2.45) is 5.92 Å². The number of nitrogens with zero attached hydrogens (tertiary/aromatic N) is 4. The molecule has 1 saturated heterocycles. The quantitative estimate of drug-likeness (QED) is 0.317. The van der Waals surface area contributed by atoms with E-state index in [-0.39, 0.29) is 11.8 Å². The van der Waals surface area contributed by atoms with Crippen LogP contribution in [-0.2, 0) is 4.79 Å². The fourth-order valence-corrected chi connectivity index (χ4v) is 4.73. The molecule has 3 aromatic carbocycles. The van der Waals surface area contributed by atoms with Gasteiger partial charge in [0.2, 0.25) is 5.91 Å². The fourth-order valence-electron chi connectivity index (χ4n) is 4.73. The van der Waals surface area contributed by atoms with Gasteiger partial charge in [0, 0.05) is 33.6 Å². The first-order chi connectivity index (χ1) is 18.2. The van der Waals surface area contributed by atoms with Crippen LogP contribution in [0.4, 0.5) is 17.2 Å². The number of ether oxygens (including phenoxy) is 1. The molecular weight excluding hydrogens is 466 g/mol. The molecule has 9 nitrogen and oxygen atoms in total. The standard InChI is InChI=1S/C28H27N7O2/c1-37-22-11-9-18(10-12-22)26-32-33-27-24-8-3-2-7-23(24)25(34-35(26)27)30-20-5-4-6-21(17-20)31-28(36)19-13-15-29-16-14-19/h2-12,17,19,29H,13-16H2,1H3,(H,30,34)(H,31,36). The van der Waals surface area contributed by atoms with Crippen molar-refractivity contribution >= 4 is 39.5 Å². The summed E-state index contributed by atoms with van der Waals surface area (Å²) < 4.78 is 7.05. The summed E-state index contributed by atoms with van der Waals surface area (Å²) in [4.78, 5) is 12.7. The van der Waals surface area contributed by atoms with Gasteiger partial charge >= 0.3 is 0 Å². The molecule has 2 aromatic heterocycles. The molecule has 0 spiro atoms. The molecule has 3 heterocycles. The summed E-state index contributed by atoms with van der Waals surface area (Å²) in [5.41, 5.74) is 3.13. The van der Waals surface area contributed by atoms with E-state index in [0.717, 1.165) is 59.4 Å². The molecule has 6 rings (SSSR count). The van der Waals surface area contributed by atoms with E-state index in [1.165, 1.54) is 0 Å². The lowest BCUT2D eigenvalue weighted by Gasteiger charge is -2.22. The van der Waals surface area contributed by atoms with Crippen LogP contribution >= 0.6 is 0 Å². The molecule has 0 unspecified atom stereocenters. The van der Waals surface area contributed by atoms with Gasteiger partial charge in [0.1, 0.15) is 5.75 Å². The summed E-state index contributed by atoms with van der Waals surface area (Å²) in [7, 11) is 1.64. The molecule has 0 bridgehead atoms. The van der Waals surface area contributed by atoms with Gasteiger partial charge in [-0.25, -0.2) is 0 Å². The maximum Gasteiger partial charge on any atom is 0.227 e. The summed E-state index contributed by atoms with van der Waals surface area (Å²) in [5.74, 6) is 2.17. The maximum atomic E-state index is 12.7. The molecule has 1 aliphatic heterocycles. The third-order valence-corrected chi connectivity index (χ3v) is 6.71. The second-order valence-corrected chi connectivity index (χ2v) is 9.10. The van der Waals surface area contributed by atoms with Gasteiger partial charge in [-0.05, 0) is 68.4 Å². The lowest BCUT2D eigenvalue weighted by Crippen LogP contribution is -2.34. The highest BCUT2D eigenvalue weighted by atomic mass is 16.5. The zero-order chi connectivity index (χ0) is 25.2. The van der Waals surface area contributed by atoms with E-state index in [9.17, 15) is 4.79 Å². The van der Waals surface area contributed by atoms with Gasteiger partial charge in [-0.2, -0.15) is 4.52 Å². The predicted molar refractivity (Wildman–Crippen MR) is 144 cm³/mol. The number of carbonyl (C=O) groups excluding carboxylic acids is 1. The van der Waals surface area contributed by atoms with Gasteiger partial charge in [0.15, 0.2) is 17.3 Å². The molecular formula is C28H27N7O2. The molecule has 0 saturated carbocycles. The third-order valence-electron chi connectivity index (χ3n) is 6.71. The van der Waals surface area contributed by atoms with Crippen molar-refractivity contribution in [3.63, 3.8) is 0 Å². The number of aromatic nitrogens is 4. The van der Waals surface area contributed by atoms with E-state index in [1.807, 2.05) is 72.8 Å². The van der Waals surface area contributed by atoms with Crippen LogP contribution in [0, 0.1) is 5.92 Å². The van der Waals surface area contributed by atoms with Crippen LogP contribution in [0.1, 0.15) is 12.8 Å². The lowest BCUT2D eigenvalue weighted by molar-refractivity contribution is -0.120. The number of methoxy groups -OCH3 is 1. The van der Waals surface area contributed by atoms with Gasteiger partial charge in [0.05, 0.1) is 7.11 Å². The molecule has 0 radical (unpaired) electrons. The van der Waals surface area contributed by atoms with Crippen molar-refractivity contribution < 1.29 is 9.53 Å². The van der Waals surface area contributed by atoms with Gasteiger partial charge in [0.25, 0.3) is 0 Å². The van der Waals surface area contributed by atoms with E-state index in [0.29, 0.717) is 17.3 Å². The van der Waals surface area contributed by atoms with Gasteiger partial charge in [-0.15, -0.1) is 15.3 Å². The van der Waals surface area contributed by atoms with Crippen LogP contribution in [0.3, 0.4) is 0 Å². The fraction of sp³-hybridized carbons (Fsp3) is 0.214. The third kappa shape index (κ3) is 4.56. The summed E-state index contributed by atoms with van der Waals surface area (Å²) in [5, 5.41) is 25.5. The maximum absolute atomic E-state index is 12.7. The van der Waals surface area contributed by atoms with Crippen LogP contribution in [0.25, 0.3) is 27.8 Å². The first kappa shape index (κ1) is 22.9. The van der Waals surface area contributed by atoms with Crippen LogP contribution in [0.2, 0.25) is 0 Å². The molecule has 3 N–H and O–H groups in total. The monoisotopic (exact) mass is 493 g/mol. The molecule has 0 aliphatic carbocycles. The highest BCUT2D eigenvalue weighted by Crippen LogP contribution is 2.30. The first-order valence-electron chi connectivity index (χ1n) is 12.4. The number of hydrogen-bond donors (Lipinski definition) is 3. The number of amides is 1. The molecule has 0 atom stereocenters. The second-order valence-electron chi connectivity index (χ2n) is 9.10. The Labute approximate surface area is 213 Å². The Morgan fingerprint density at radius 1 is 0.946 bits per heavy atom. The largest absolute Gasteiger partial charge is 0.497 e. The second kappa shape index (κ2) is 9.87. The molecule has 9 heteroatoms. The number of fused-ring (bicyclic) bond motifs is 3. The number of benzene rings is 3. The number of piperidine rings is 1. The average Bonchev–Trinajstić information content (AvgIpc) is 3.38. The minimum Gasteiger partial charge on any atom is -0.497 e. The minimum atomic E-state index is 0.0380. The zero-order valence-electron chi connectivity index (χ0n) is 20.4. The van der Waals surface area contributed by atoms with Crippen LogP contribution < -0.4 is 20.7 Å². The predicted octanol–water partition coefficient (Wildman–Crippen LogP) is 4.63. The smallest absolute Gasteiger partial charge is 0.227 e. The summed E-state index contributed by atoms with van der Waals surface area (Å²) >= 11 is 0. The van der Waals surface area contributed by atoms with Crippen molar-refractivity contribution in [3.8, 4) is 17.1 Å². The van der Waals surface area contributed by atoms with Crippen molar-refractivity contribution in [3.05, 3.63) is 72.8 Å². The zero-order valence-corrected chi connectivity index (χ0v) is 20.4. The highest BCUT2D eigenvalue weighted by molar-refractivity contribution is 6.01. The summed E-state index contributed by atoms with van der Waals surface area (Å²) in [6.07, 6.45) is 1.71. The number of hydrogen-bond acceptors (Lipinski definition) is 7. The number of rotatable bonds is 6. The van der Waals surface area contributed by atoms with E-state index < -0.39 is 0 Å². The summed E-state index contributed by atoms with van der Waals surface area (Å²) in [6, 6.07) is 23.3. The molecule has 1 aliphatic rings. The molecule has 1 amide bonds. The van der Waals surface area contributed by atoms with Crippen molar-refractivity contribution in [2.45, 2.75) is 12.8 Å². The molecule has 5 aromatic rings. The van der Waals surface area contributed by atoms with Crippen molar-refractivity contribution in [2.75, 3.05) is 30.8 Å². The lowest BCUT2D eigenvalue weighted by atomic mass is 9.97. The normalized spacial score (nSPS) is 14.1. The number of nitrogens with one attached hydrogen (secondary N) is 3. The SMILES string of the molecule is COc1ccc(-c2nnc3c4ccccc4c(Nc4cccc(NC(=O)C5CCNCC5)c4)nn23)cc1. The van der Waals surface area contributed by atoms with Crippen LogP contribution in [0.15, 0.2) is 72.8 Å². The first-order valence-corrected chi connectivity index (χ1v) is 12.4. The molecule has 186 valence electrons. The summed E-state index contributed by atoms with van der Waals surface area (Å²) in [6.45, 7) is 1.76. The van der Waals surface area contributed by atoms with E-state index in [1.54, 1.807) is 11.6 Å². The van der Waals surface area contributed by atoms with Crippen LogP contribution in [0.5, 0.6) is 5.75 Å². The minimum absolute atomic E-state index is 0.0380. The topological polar surface area (TPSA) is 105 Å². The van der Waals surface area contributed by atoms with Gasteiger partial charge < -0.3 is 20.7 Å². The Kier molecular flexibility index (Phi) is 6.11. The molecule has 37 heavy (non-hydrogen) atoms. The van der Waals surface area contributed by atoms with Gasteiger partial charge in [-0.3, -0.25) is 4.79 Å². The Hall–Kier alpha value is -4.50. The van der Waals surface area contributed by atoms with E-state index in [4.69, 9.17) is 9.84 Å². The van der Waals surface area contributed by atoms with E-state index in [2.05, 4.69) is 26.1 Å². The highest BCUT2D eigenvalue weighted by Gasteiger charge is 2.21. The Morgan fingerprint density at radius 2 is 1.70 bits per heavy atom. The van der Waals surface area contributed by atoms with Gasteiger partial charge in [-0.1, -0.05) is 30.3 Å². The Bertz CT molecular complexity index is 1570. The molecule has 1 fully saturated rings. The van der Waals surface area contributed by atoms with Crippen molar-refractivity contribution in [1.82, 2.24) is 25.1 Å². The number of carbonyl (C=O) groups is 1. The van der Waals surface area contributed by atoms with E-state index >= 15 is 0 Å².